The second-order valence-corrected chi connectivity index (χ2v) is 21.7. The van der Waals surface area contributed by atoms with E-state index in [0.29, 0.717) is 34.4 Å². The van der Waals surface area contributed by atoms with Crippen LogP contribution in [0.15, 0.2) is 329 Å². The first-order valence-electron chi connectivity index (χ1n) is 29.7. The molecule has 0 saturated heterocycles. The van der Waals surface area contributed by atoms with Crippen LogP contribution >= 0.6 is 0 Å². The normalized spacial score (nSPS) is 11.1. The second kappa shape index (κ2) is 24.5. The first-order chi connectivity index (χ1) is 44.6. The van der Waals surface area contributed by atoms with Gasteiger partial charge in [-0.15, -0.1) is 0 Å². The summed E-state index contributed by atoms with van der Waals surface area (Å²) in [5, 5.41) is 0. The van der Waals surface area contributed by atoms with Crippen molar-refractivity contribution in [2.24, 2.45) is 0 Å². The van der Waals surface area contributed by atoms with Gasteiger partial charge in [0.05, 0.1) is 11.1 Å². The van der Waals surface area contributed by atoms with E-state index in [1.807, 2.05) is 49.1 Å². The Morgan fingerprint density at radius 2 is 0.356 bits per heavy atom. The minimum atomic E-state index is 0.538. The average Bonchev–Trinajstić information content (AvgIpc) is 2.03. The van der Waals surface area contributed by atoms with E-state index in [9.17, 15) is 0 Å². The molecule has 0 aliphatic rings. The zero-order valence-corrected chi connectivity index (χ0v) is 48.6. The van der Waals surface area contributed by atoms with Gasteiger partial charge in [-0.3, -0.25) is 0 Å². The van der Waals surface area contributed by atoms with Gasteiger partial charge in [-0.1, -0.05) is 158 Å². The van der Waals surface area contributed by atoms with E-state index in [4.69, 9.17) is 39.9 Å². The Morgan fingerprint density at radius 1 is 0.156 bits per heavy atom. The van der Waals surface area contributed by atoms with Gasteiger partial charge in [0.1, 0.15) is 0 Å². The van der Waals surface area contributed by atoms with Crippen LogP contribution in [0.5, 0.6) is 0 Å². The van der Waals surface area contributed by atoms with Crippen LogP contribution in [0.2, 0.25) is 0 Å². The van der Waals surface area contributed by atoms with E-state index in [-0.39, 0.29) is 0 Å². The minimum Gasteiger partial charge on any atom is -0.236 e. The van der Waals surface area contributed by atoms with Gasteiger partial charge in [0.2, 0.25) is 34.2 Å². The lowest BCUT2D eigenvalue weighted by Gasteiger charge is -2.13. The topological polar surface area (TPSA) is 111 Å². The Kier molecular flexibility index (Phi) is 14.8. The molecule has 15 rings (SSSR count). The molecule has 0 amide bonds. The van der Waals surface area contributed by atoms with Crippen molar-refractivity contribution >= 4 is 0 Å². The zero-order chi connectivity index (χ0) is 60.0. The Balaban J connectivity index is 0.617. The van der Waals surface area contributed by atoms with Gasteiger partial charge in [-0.05, 0) is 106 Å². The maximum atomic E-state index is 4.76. The highest BCUT2D eigenvalue weighted by atomic mass is 15.0. The van der Waals surface area contributed by atoms with Gasteiger partial charge in [0.15, 0.2) is 23.3 Å². The largest absolute Gasteiger partial charge is 0.236 e. The van der Waals surface area contributed by atoms with Crippen LogP contribution in [-0.4, -0.2) is 39.9 Å². The Morgan fingerprint density at radius 3 is 0.611 bits per heavy atom. The summed E-state index contributed by atoms with van der Waals surface area (Å²) in [6.45, 7) is 0. The summed E-state index contributed by atoms with van der Waals surface area (Å²) in [5.41, 5.74) is 22.5. The van der Waals surface area contributed by atoms with Crippen LogP contribution in [0.3, 0.4) is 0 Å². The third-order valence-corrected chi connectivity index (χ3v) is 16.1. The third kappa shape index (κ3) is 11.2. The quantitative estimate of drug-likeness (QED) is 0.0990. The van der Waals surface area contributed by atoms with E-state index in [2.05, 4.69) is 264 Å². The molecule has 0 aliphatic heterocycles. The van der Waals surface area contributed by atoms with Crippen LogP contribution in [-0.2, 0) is 0 Å². The highest BCUT2D eigenvalue weighted by Gasteiger charge is 2.27. The number of rotatable bonds is 14. The summed E-state index contributed by atoms with van der Waals surface area (Å²) in [6.07, 6.45) is 14.4. The van der Waals surface area contributed by atoms with Crippen molar-refractivity contribution in [3.05, 3.63) is 329 Å². The highest BCUT2D eigenvalue weighted by Crippen LogP contribution is 2.34. The molecule has 90 heavy (non-hydrogen) atoms. The third-order valence-electron chi connectivity index (χ3n) is 16.1. The lowest BCUT2D eigenvalue weighted by Crippen LogP contribution is -2.36. The molecule has 0 unspecified atom stereocenters. The van der Waals surface area contributed by atoms with E-state index in [1.165, 1.54) is 0 Å². The smallest absolute Gasteiger partial charge is 0.219 e. The molecule has 422 valence electrons. The van der Waals surface area contributed by atoms with Crippen LogP contribution < -0.4 is 9.13 Å². The number of aromatic nitrogens is 10. The monoisotopic (exact) mass is 1150 g/mol. The molecule has 15 aromatic rings. The predicted octanol–water partition coefficient (Wildman–Crippen LogP) is 17.4. The maximum absolute atomic E-state index is 4.76. The van der Waals surface area contributed by atoms with Crippen LogP contribution in [0.4, 0.5) is 0 Å². The van der Waals surface area contributed by atoms with Crippen LogP contribution in [0.1, 0.15) is 0 Å². The Bertz CT molecular complexity index is 4490. The average molecular weight is 1160 g/mol. The maximum Gasteiger partial charge on any atom is 0.219 e. The van der Waals surface area contributed by atoms with Crippen molar-refractivity contribution in [1.82, 2.24) is 39.9 Å². The number of pyridine rings is 2. The molecule has 6 heterocycles. The number of hydrogen-bond donors (Lipinski definition) is 0. The Labute approximate surface area is 521 Å². The first kappa shape index (κ1) is 54.3. The van der Waals surface area contributed by atoms with Gasteiger partial charge in [-0.25, -0.2) is 39.9 Å². The second-order valence-electron chi connectivity index (χ2n) is 21.7. The van der Waals surface area contributed by atoms with Crippen molar-refractivity contribution < 1.29 is 9.13 Å². The molecular formula is C80H54N10+2. The molecule has 0 spiro atoms. The molecular weight excluding hydrogens is 1100 g/mol. The number of benzene rings is 9. The first-order valence-corrected chi connectivity index (χ1v) is 29.7. The van der Waals surface area contributed by atoms with E-state index in [1.54, 1.807) is 24.8 Å². The summed E-state index contributed by atoms with van der Waals surface area (Å²) in [5.74, 6) is 2.23. The van der Waals surface area contributed by atoms with Gasteiger partial charge < -0.3 is 0 Å². The zero-order valence-electron chi connectivity index (χ0n) is 48.6. The van der Waals surface area contributed by atoms with Crippen LogP contribution in [0, 0.1) is 0 Å². The predicted molar refractivity (Wildman–Crippen MR) is 357 cm³/mol. The number of hydrogen-bond acceptors (Lipinski definition) is 8. The fraction of sp³-hybridized carbons (Fsp3) is 0. The molecule has 0 N–H and O–H groups in total. The summed E-state index contributed by atoms with van der Waals surface area (Å²) < 4.78 is 4.69. The van der Waals surface area contributed by atoms with Crippen molar-refractivity contribution in [3.8, 4) is 146 Å². The molecule has 6 aromatic heterocycles. The summed E-state index contributed by atoms with van der Waals surface area (Å²) in [6, 6.07) is 97.6. The van der Waals surface area contributed by atoms with Gasteiger partial charge >= 0.3 is 0 Å². The van der Waals surface area contributed by atoms with E-state index in [0.717, 1.165) is 112 Å². The van der Waals surface area contributed by atoms with E-state index >= 15 is 0 Å². The Hall–Kier alpha value is -12.4. The SMILES string of the molecule is c1ccc(-c2cc(-c3ccccc3)[n+](-c3ccc(-c4cnc(-c5cnc(-c6ccc(-c7ncc(-c8ncc(-c9ccc(-[n+]%10c(-c%11ccccc%11)cc(-c%11ccccc%11)cc%10-c%10ccccc%10)cc9)cn8)cn7)cc6)nc5)nc4)cc3)c(-c3ccccc3)c2)cc1. The molecule has 9 aromatic carbocycles. The summed E-state index contributed by atoms with van der Waals surface area (Å²) in [4.78, 5) is 37.9. The van der Waals surface area contributed by atoms with Crippen molar-refractivity contribution in [2.75, 3.05) is 0 Å². The lowest BCUT2D eigenvalue weighted by atomic mass is 9.98. The molecule has 0 bridgehead atoms. The fourth-order valence-corrected chi connectivity index (χ4v) is 11.4. The van der Waals surface area contributed by atoms with Gasteiger partial charge in [0, 0.05) is 143 Å². The lowest BCUT2D eigenvalue weighted by molar-refractivity contribution is -0.572. The summed E-state index contributed by atoms with van der Waals surface area (Å²) >= 11 is 0. The molecule has 10 nitrogen and oxygen atoms in total. The van der Waals surface area contributed by atoms with Gasteiger partial charge in [0.25, 0.3) is 0 Å². The molecule has 0 aliphatic carbocycles. The van der Waals surface area contributed by atoms with Crippen LogP contribution in [0.25, 0.3) is 146 Å². The molecule has 0 atom stereocenters. The molecule has 10 heteroatoms. The summed E-state index contributed by atoms with van der Waals surface area (Å²) in [7, 11) is 0. The standard InChI is InChI=1S/C80H54N10/c1-7-19-55(20-8-1)65-43-73(59-23-11-3-12-24-59)89(74(44-65)60-25-13-4-14-26-60)71-39-35-57(36-40-71)67-47-81-79(82-48-67)69-51-85-77(86-52-69)63-31-33-64(34-32-63)78-87-53-70(54-88-78)80-83-49-68(50-84-80)58-37-41-72(42-38-58)90-75(61-27-15-5-16-28-61)45-66(56-21-9-2-10-22-56)46-76(90)62-29-17-6-18-30-62/h1-54H/q+2. The van der Waals surface area contributed by atoms with E-state index < -0.39 is 0 Å². The van der Waals surface area contributed by atoms with Crippen molar-refractivity contribution in [3.63, 3.8) is 0 Å². The van der Waals surface area contributed by atoms with Crippen molar-refractivity contribution in [1.29, 1.82) is 0 Å². The highest BCUT2D eigenvalue weighted by molar-refractivity contribution is 5.77. The molecule has 0 fully saturated rings. The number of nitrogens with zero attached hydrogens (tertiary/aromatic N) is 10. The fourth-order valence-electron chi connectivity index (χ4n) is 11.4. The molecule has 0 radical (unpaired) electrons. The molecule has 0 saturated carbocycles. The van der Waals surface area contributed by atoms with Crippen molar-refractivity contribution in [2.45, 2.75) is 0 Å². The van der Waals surface area contributed by atoms with Gasteiger partial charge in [-0.2, -0.15) is 9.13 Å². The minimum absolute atomic E-state index is 0.538.